The highest BCUT2D eigenvalue weighted by atomic mass is 19.4. The summed E-state index contributed by atoms with van der Waals surface area (Å²) in [6.07, 6.45) is -12.0. The maximum Gasteiger partial charge on any atom is 0.471 e. The van der Waals surface area contributed by atoms with E-state index in [1.54, 1.807) is 12.2 Å². The Hall–Kier alpha value is -4.14. The lowest BCUT2D eigenvalue weighted by Crippen LogP contribution is -2.68. The molecule has 39 heavy (non-hydrogen) atoms. The van der Waals surface area contributed by atoms with Gasteiger partial charge in [-0.05, 0) is 24.6 Å². The SMILES string of the molecule is CC(=O)OC[C@@H]1O[C@@H](Oc2ccc3c(C)cc(=O)oc3c2)[C@@H](NC(=O)C(F)(F)F)[C@H](OC(C)=O)[C@@H]1OC(C)=O. The highest BCUT2D eigenvalue weighted by Crippen LogP contribution is 2.31. The van der Waals surface area contributed by atoms with Crippen molar-refractivity contribution in [3.63, 3.8) is 0 Å². The van der Waals surface area contributed by atoms with Crippen molar-refractivity contribution in [2.24, 2.45) is 0 Å². The summed E-state index contributed by atoms with van der Waals surface area (Å²) in [6.45, 7) is 4.05. The van der Waals surface area contributed by atoms with Crippen molar-refractivity contribution >= 4 is 34.8 Å². The lowest BCUT2D eigenvalue weighted by Gasteiger charge is -2.44. The van der Waals surface area contributed by atoms with Gasteiger partial charge in [0.2, 0.25) is 6.29 Å². The molecule has 15 heteroatoms. The Morgan fingerprint density at radius 2 is 1.62 bits per heavy atom. The molecule has 0 saturated carbocycles. The molecule has 2 aromatic rings. The number of hydrogen-bond donors (Lipinski definition) is 1. The third-order valence-electron chi connectivity index (χ3n) is 5.43. The summed E-state index contributed by atoms with van der Waals surface area (Å²) in [4.78, 5) is 58.9. The van der Waals surface area contributed by atoms with Crippen LogP contribution in [-0.2, 0) is 38.1 Å². The molecule has 0 unspecified atom stereocenters. The van der Waals surface area contributed by atoms with Gasteiger partial charge in [0.15, 0.2) is 12.2 Å². The third kappa shape index (κ3) is 7.46. The van der Waals surface area contributed by atoms with Gasteiger partial charge in [-0.3, -0.25) is 19.2 Å². The molecular formula is C24H24F3NO11. The fourth-order valence-electron chi connectivity index (χ4n) is 3.90. The molecule has 1 fully saturated rings. The summed E-state index contributed by atoms with van der Waals surface area (Å²) in [6, 6.07) is 3.53. The third-order valence-corrected chi connectivity index (χ3v) is 5.43. The number of benzene rings is 1. The Balaban J connectivity index is 2.08. The Labute approximate surface area is 218 Å². The standard InChI is InChI=1S/C24H24F3NO11/c1-10-7-18(32)38-16-8-14(5-6-15(10)16)37-22-19(28-23(33)24(25,26)27)21(36-13(4)31)20(35-12(3)30)17(39-22)9-34-11(2)29/h5-8,17,19-22H,9H2,1-4H3,(H,28,33)/t17-,19-,20+,21-,22+/m0/s1. The second kappa shape index (κ2) is 11.7. The number of hydrogen-bond acceptors (Lipinski definition) is 11. The molecule has 5 atom stereocenters. The Morgan fingerprint density at radius 1 is 0.974 bits per heavy atom. The van der Waals surface area contributed by atoms with Crippen molar-refractivity contribution in [1.82, 2.24) is 5.32 Å². The quantitative estimate of drug-likeness (QED) is 0.299. The van der Waals surface area contributed by atoms with Crippen molar-refractivity contribution in [1.29, 1.82) is 0 Å². The maximum atomic E-state index is 13.2. The molecule has 3 rings (SSSR count). The molecule has 1 N–H and O–H groups in total. The summed E-state index contributed by atoms with van der Waals surface area (Å²) in [7, 11) is 0. The van der Waals surface area contributed by atoms with Gasteiger partial charge in [0.1, 0.15) is 30.1 Å². The van der Waals surface area contributed by atoms with E-state index in [0.717, 1.165) is 20.8 Å². The second-order valence-electron chi connectivity index (χ2n) is 8.51. The van der Waals surface area contributed by atoms with Gasteiger partial charge >= 0.3 is 35.6 Å². The van der Waals surface area contributed by atoms with Crippen molar-refractivity contribution in [2.75, 3.05) is 6.61 Å². The number of halogens is 3. The summed E-state index contributed by atoms with van der Waals surface area (Å²) in [5.74, 6) is -5.21. The minimum atomic E-state index is -5.36. The van der Waals surface area contributed by atoms with Gasteiger partial charge in [0, 0.05) is 38.3 Å². The average molecular weight is 559 g/mol. The molecule has 1 aromatic heterocycles. The lowest BCUT2D eigenvalue weighted by molar-refractivity contribution is -0.258. The number of rotatable bonds is 7. The molecule has 1 amide bonds. The van der Waals surface area contributed by atoms with Crippen molar-refractivity contribution in [3.05, 3.63) is 40.2 Å². The number of ether oxygens (including phenoxy) is 5. The normalized spacial score (nSPS) is 23.0. The smallest absolute Gasteiger partial charge is 0.463 e. The monoisotopic (exact) mass is 559 g/mol. The Morgan fingerprint density at radius 3 is 2.21 bits per heavy atom. The van der Waals surface area contributed by atoms with E-state index in [2.05, 4.69) is 0 Å². The number of amides is 1. The maximum absolute atomic E-state index is 13.2. The molecule has 0 radical (unpaired) electrons. The van der Waals surface area contributed by atoms with Gasteiger partial charge < -0.3 is 33.4 Å². The number of fused-ring (bicyclic) bond motifs is 1. The number of carbonyl (C=O) groups excluding carboxylic acids is 4. The van der Waals surface area contributed by atoms with Crippen LogP contribution in [0.15, 0.2) is 33.5 Å². The molecule has 0 bridgehead atoms. The van der Waals surface area contributed by atoms with Crippen LogP contribution in [-0.4, -0.2) is 67.2 Å². The molecular weight excluding hydrogens is 535 g/mol. The number of carbonyl (C=O) groups is 4. The summed E-state index contributed by atoms with van der Waals surface area (Å²) in [5, 5.41) is 2.20. The van der Waals surface area contributed by atoms with E-state index >= 15 is 0 Å². The van der Waals surface area contributed by atoms with E-state index in [1.807, 2.05) is 0 Å². The zero-order valence-corrected chi connectivity index (χ0v) is 21.0. The summed E-state index contributed by atoms with van der Waals surface area (Å²) in [5.41, 5.74) is -0.00502. The molecule has 12 nitrogen and oxygen atoms in total. The van der Waals surface area contributed by atoms with Crippen molar-refractivity contribution in [2.45, 2.75) is 64.5 Å². The highest BCUT2D eigenvalue weighted by Gasteiger charge is 2.54. The van der Waals surface area contributed by atoms with Crippen LogP contribution in [0.1, 0.15) is 26.3 Å². The van der Waals surface area contributed by atoms with E-state index in [-0.39, 0.29) is 11.3 Å². The van der Waals surface area contributed by atoms with Gasteiger partial charge in [-0.2, -0.15) is 13.2 Å². The largest absolute Gasteiger partial charge is 0.471 e. The second-order valence-corrected chi connectivity index (χ2v) is 8.51. The van der Waals surface area contributed by atoms with Gasteiger partial charge in [0.05, 0.1) is 0 Å². The van der Waals surface area contributed by atoms with E-state index < -0.39 is 72.9 Å². The minimum absolute atomic E-state index is 0.0775. The van der Waals surface area contributed by atoms with E-state index in [4.69, 9.17) is 28.1 Å². The van der Waals surface area contributed by atoms with Crippen LogP contribution >= 0.6 is 0 Å². The first-order valence-electron chi connectivity index (χ1n) is 11.4. The fraction of sp³-hybridized carbons (Fsp3) is 0.458. The van der Waals surface area contributed by atoms with Gasteiger partial charge in [-0.1, -0.05) is 0 Å². The van der Waals surface area contributed by atoms with Crippen molar-refractivity contribution < 1.29 is 60.5 Å². The van der Waals surface area contributed by atoms with Crippen molar-refractivity contribution in [3.8, 4) is 5.75 Å². The van der Waals surface area contributed by atoms with Gasteiger partial charge in [-0.25, -0.2) is 4.79 Å². The van der Waals surface area contributed by atoms with Crippen LogP contribution in [0.4, 0.5) is 13.2 Å². The number of nitrogens with one attached hydrogen (secondary N) is 1. The molecule has 2 heterocycles. The highest BCUT2D eigenvalue weighted by molar-refractivity contribution is 5.82. The summed E-state index contributed by atoms with van der Waals surface area (Å²) < 4.78 is 71.5. The molecule has 212 valence electrons. The molecule has 0 aliphatic carbocycles. The Bertz CT molecular complexity index is 1320. The van der Waals surface area contributed by atoms with Crippen LogP contribution in [0.3, 0.4) is 0 Å². The first-order valence-corrected chi connectivity index (χ1v) is 11.4. The first-order chi connectivity index (χ1) is 18.1. The molecule has 0 spiro atoms. The molecule has 1 saturated heterocycles. The van der Waals surface area contributed by atoms with Crippen LogP contribution in [0.5, 0.6) is 5.75 Å². The van der Waals surface area contributed by atoms with E-state index in [9.17, 15) is 37.1 Å². The zero-order valence-electron chi connectivity index (χ0n) is 21.0. The molecule has 1 aromatic carbocycles. The number of esters is 3. The summed E-state index contributed by atoms with van der Waals surface area (Å²) >= 11 is 0. The predicted octanol–water partition coefficient (Wildman–Crippen LogP) is 1.68. The number of aryl methyl sites for hydroxylation is 1. The van der Waals surface area contributed by atoms with Gasteiger partial charge in [0.25, 0.3) is 0 Å². The fourth-order valence-corrected chi connectivity index (χ4v) is 3.90. The first kappa shape index (κ1) is 29.4. The van der Waals surface area contributed by atoms with E-state index in [1.165, 1.54) is 24.3 Å². The van der Waals surface area contributed by atoms with Crippen LogP contribution in [0.2, 0.25) is 0 Å². The van der Waals surface area contributed by atoms with Crippen LogP contribution < -0.4 is 15.7 Å². The zero-order chi connectivity index (χ0) is 29.1. The Kier molecular flexibility index (Phi) is 8.84. The van der Waals surface area contributed by atoms with Gasteiger partial charge in [-0.15, -0.1) is 0 Å². The topological polar surface area (TPSA) is 157 Å². The number of alkyl halides is 3. The van der Waals surface area contributed by atoms with E-state index in [0.29, 0.717) is 10.9 Å². The minimum Gasteiger partial charge on any atom is -0.463 e. The predicted molar refractivity (Wildman–Crippen MR) is 122 cm³/mol. The van der Waals surface area contributed by atoms with Crippen LogP contribution in [0, 0.1) is 6.92 Å². The molecule has 1 aliphatic heterocycles. The molecule has 1 aliphatic rings. The van der Waals surface area contributed by atoms with Crippen LogP contribution in [0.25, 0.3) is 11.0 Å². The lowest BCUT2D eigenvalue weighted by atomic mass is 9.96. The average Bonchev–Trinajstić information content (AvgIpc) is 2.79.